The number of anilines is 3. The van der Waals surface area contributed by atoms with Gasteiger partial charge in [0.05, 0.1) is 12.6 Å². The summed E-state index contributed by atoms with van der Waals surface area (Å²) in [4.78, 5) is 41.3. The number of hydrogen-bond donors (Lipinski definition) is 2. The lowest BCUT2D eigenvalue weighted by Gasteiger charge is -2.35. The minimum absolute atomic E-state index is 0.0976. The Hall–Kier alpha value is -4.60. The van der Waals surface area contributed by atoms with Crippen molar-refractivity contribution >= 4 is 45.9 Å². The average molecular weight is 500 g/mol. The fraction of sp³-hybridized carbons (Fsp3) is 0.259. The molecule has 1 aliphatic heterocycles. The summed E-state index contributed by atoms with van der Waals surface area (Å²) >= 11 is 0. The normalized spacial score (nSPS) is 13.6. The van der Waals surface area contributed by atoms with E-state index in [1.165, 1.54) is 6.20 Å². The first-order chi connectivity index (χ1) is 17.9. The lowest BCUT2D eigenvalue weighted by molar-refractivity contribution is -0.129. The third-order valence-corrected chi connectivity index (χ3v) is 6.64. The van der Waals surface area contributed by atoms with Crippen LogP contribution in [0.5, 0.6) is 0 Å². The number of carbonyl (C=O) groups is 3. The van der Waals surface area contributed by atoms with Crippen molar-refractivity contribution in [3.63, 3.8) is 0 Å². The lowest BCUT2D eigenvalue weighted by Crippen LogP contribution is -2.48. The predicted molar refractivity (Wildman–Crippen MR) is 143 cm³/mol. The number of carbonyl (C=O) groups excluding carboxylic acids is 3. The number of aryl methyl sites for hydroxylation is 1. The molecular weight excluding hydrogens is 470 g/mol. The molecule has 3 amide bonds. The van der Waals surface area contributed by atoms with E-state index in [4.69, 9.17) is 0 Å². The number of aromatic nitrogens is 3. The minimum atomic E-state index is -0.478. The first kappa shape index (κ1) is 24.1. The SMILES string of the molecule is CC(=O)N1CCN(c2ccc(NC(=O)n3nccc3NC(=O)Cc3cn(C)c4ccccc34)cc2)CC1. The van der Waals surface area contributed by atoms with E-state index in [0.717, 1.165) is 39.9 Å². The summed E-state index contributed by atoms with van der Waals surface area (Å²) in [6, 6.07) is 16.6. The second kappa shape index (κ2) is 10.2. The number of hydrogen-bond acceptors (Lipinski definition) is 5. The van der Waals surface area contributed by atoms with Gasteiger partial charge in [0.2, 0.25) is 11.8 Å². The van der Waals surface area contributed by atoms with E-state index < -0.39 is 6.03 Å². The van der Waals surface area contributed by atoms with Gasteiger partial charge in [0.15, 0.2) is 0 Å². The zero-order valence-electron chi connectivity index (χ0n) is 20.8. The molecule has 5 rings (SSSR count). The van der Waals surface area contributed by atoms with Gasteiger partial charge in [-0.3, -0.25) is 9.59 Å². The molecule has 0 bridgehead atoms. The molecule has 0 unspecified atom stereocenters. The van der Waals surface area contributed by atoms with Gasteiger partial charge in [0.1, 0.15) is 5.82 Å². The molecule has 10 heteroatoms. The van der Waals surface area contributed by atoms with E-state index >= 15 is 0 Å². The Morgan fingerprint density at radius 1 is 0.919 bits per heavy atom. The molecule has 4 aromatic rings. The zero-order chi connectivity index (χ0) is 25.9. The highest BCUT2D eigenvalue weighted by molar-refractivity contribution is 5.98. The van der Waals surface area contributed by atoms with E-state index in [-0.39, 0.29) is 18.2 Å². The van der Waals surface area contributed by atoms with Crippen molar-refractivity contribution in [2.45, 2.75) is 13.3 Å². The lowest BCUT2D eigenvalue weighted by atomic mass is 10.1. The number of nitrogens with zero attached hydrogens (tertiary/aromatic N) is 5. The summed E-state index contributed by atoms with van der Waals surface area (Å²) in [6.45, 7) is 4.51. The van der Waals surface area contributed by atoms with Crippen molar-refractivity contribution in [1.82, 2.24) is 19.2 Å². The monoisotopic (exact) mass is 499 g/mol. The van der Waals surface area contributed by atoms with Crippen LogP contribution in [0.2, 0.25) is 0 Å². The highest BCUT2D eigenvalue weighted by atomic mass is 16.2. The van der Waals surface area contributed by atoms with Crippen LogP contribution in [0.3, 0.4) is 0 Å². The van der Waals surface area contributed by atoms with Crippen LogP contribution in [-0.2, 0) is 23.1 Å². The summed E-state index contributed by atoms with van der Waals surface area (Å²) in [5.41, 5.74) is 3.61. The minimum Gasteiger partial charge on any atom is -0.368 e. The molecule has 0 spiro atoms. The van der Waals surface area contributed by atoms with Crippen LogP contribution in [0.1, 0.15) is 12.5 Å². The molecule has 0 atom stereocenters. The Bertz CT molecular complexity index is 1450. The zero-order valence-corrected chi connectivity index (χ0v) is 20.8. The molecule has 1 fully saturated rings. The molecular formula is C27H29N7O3. The molecule has 2 N–H and O–H groups in total. The number of fused-ring (bicyclic) bond motifs is 1. The van der Waals surface area contributed by atoms with Crippen molar-refractivity contribution in [2.24, 2.45) is 7.05 Å². The summed E-state index contributed by atoms with van der Waals surface area (Å²) in [6.07, 6.45) is 3.59. The largest absolute Gasteiger partial charge is 0.368 e. The number of benzene rings is 2. The Kier molecular flexibility index (Phi) is 6.63. The topological polar surface area (TPSA) is 104 Å². The molecule has 2 aromatic carbocycles. The van der Waals surface area contributed by atoms with Crippen LogP contribution >= 0.6 is 0 Å². The van der Waals surface area contributed by atoms with E-state index in [2.05, 4.69) is 20.6 Å². The number of para-hydroxylation sites is 1. The second-order valence-corrected chi connectivity index (χ2v) is 9.11. The van der Waals surface area contributed by atoms with Gasteiger partial charge in [-0.05, 0) is 35.9 Å². The quantitative estimate of drug-likeness (QED) is 0.439. The van der Waals surface area contributed by atoms with Gasteiger partial charge >= 0.3 is 6.03 Å². The van der Waals surface area contributed by atoms with Gasteiger partial charge in [-0.25, -0.2) is 4.79 Å². The Balaban J connectivity index is 1.20. The molecule has 0 radical (unpaired) electrons. The molecule has 37 heavy (non-hydrogen) atoms. The summed E-state index contributed by atoms with van der Waals surface area (Å²) in [5, 5.41) is 10.7. The van der Waals surface area contributed by atoms with Crippen molar-refractivity contribution in [1.29, 1.82) is 0 Å². The van der Waals surface area contributed by atoms with Gasteiger partial charge in [0, 0.05) is 74.7 Å². The van der Waals surface area contributed by atoms with E-state index in [1.54, 1.807) is 13.0 Å². The van der Waals surface area contributed by atoms with Crippen LogP contribution in [0.15, 0.2) is 67.0 Å². The van der Waals surface area contributed by atoms with Crippen molar-refractivity contribution in [3.05, 3.63) is 72.6 Å². The summed E-state index contributed by atoms with van der Waals surface area (Å²) < 4.78 is 3.13. The number of rotatable bonds is 5. The van der Waals surface area contributed by atoms with Crippen molar-refractivity contribution < 1.29 is 14.4 Å². The fourth-order valence-electron chi connectivity index (χ4n) is 4.70. The highest BCUT2D eigenvalue weighted by Crippen LogP contribution is 2.22. The number of nitrogens with one attached hydrogen (secondary N) is 2. The van der Waals surface area contributed by atoms with Crippen LogP contribution < -0.4 is 15.5 Å². The van der Waals surface area contributed by atoms with Crippen LogP contribution in [0.25, 0.3) is 10.9 Å². The molecule has 0 saturated carbocycles. The molecule has 1 aliphatic rings. The third kappa shape index (κ3) is 5.18. The predicted octanol–water partition coefficient (Wildman–Crippen LogP) is 3.30. The molecule has 10 nitrogen and oxygen atoms in total. The van der Waals surface area contributed by atoms with Crippen LogP contribution in [0.4, 0.5) is 22.0 Å². The molecule has 0 aliphatic carbocycles. The molecule has 2 aromatic heterocycles. The van der Waals surface area contributed by atoms with Crippen molar-refractivity contribution in [2.75, 3.05) is 41.7 Å². The van der Waals surface area contributed by atoms with Crippen molar-refractivity contribution in [3.8, 4) is 0 Å². The smallest absolute Gasteiger partial charge is 0.348 e. The Morgan fingerprint density at radius 2 is 1.65 bits per heavy atom. The second-order valence-electron chi connectivity index (χ2n) is 9.11. The van der Waals surface area contributed by atoms with E-state index in [1.807, 2.05) is 71.2 Å². The molecule has 190 valence electrons. The maximum atomic E-state index is 12.9. The first-order valence-corrected chi connectivity index (χ1v) is 12.2. The van der Waals surface area contributed by atoms with Gasteiger partial charge < -0.3 is 25.0 Å². The highest BCUT2D eigenvalue weighted by Gasteiger charge is 2.19. The third-order valence-electron chi connectivity index (χ3n) is 6.64. The molecule has 3 heterocycles. The first-order valence-electron chi connectivity index (χ1n) is 12.2. The Labute approximate surface area is 214 Å². The number of amides is 3. The Morgan fingerprint density at radius 3 is 2.38 bits per heavy atom. The summed E-state index contributed by atoms with van der Waals surface area (Å²) in [5.74, 6) is 0.156. The maximum absolute atomic E-state index is 12.9. The van der Waals surface area contributed by atoms with E-state index in [0.29, 0.717) is 24.6 Å². The number of piperazine rings is 1. The van der Waals surface area contributed by atoms with Crippen LogP contribution in [0, 0.1) is 0 Å². The standard InChI is InChI=1S/C27H29N7O3/c1-19(35)32-13-15-33(16-14-32)22-9-7-21(8-10-22)29-27(37)34-25(11-12-28-34)30-26(36)17-20-18-31(2)24-6-4-3-5-23(20)24/h3-12,18H,13-17H2,1-2H3,(H,29,37)(H,30,36). The maximum Gasteiger partial charge on any atom is 0.348 e. The van der Waals surface area contributed by atoms with Crippen LogP contribution in [-0.4, -0.2) is 63.3 Å². The average Bonchev–Trinajstić information content (AvgIpc) is 3.49. The molecule has 1 saturated heterocycles. The van der Waals surface area contributed by atoms with Gasteiger partial charge in [0.25, 0.3) is 0 Å². The van der Waals surface area contributed by atoms with Gasteiger partial charge in [-0.2, -0.15) is 9.78 Å². The summed E-state index contributed by atoms with van der Waals surface area (Å²) in [7, 11) is 1.95. The van der Waals surface area contributed by atoms with Gasteiger partial charge in [-0.15, -0.1) is 0 Å². The van der Waals surface area contributed by atoms with E-state index in [9.17, 15) is 14.4 Å². The van der Waals surface area contributed by atoms with Gasteiger partial charge in [-0.1, -0.05) is 18.2 Å². The fourth-order valence-corrected chi connectivity index (χ4v) is 4.70.